The zero-order valence-corrected chi connectivity index (χ0v) is 18.7. The van der Waals surface area contributed by atoms with Crippen LogP contribution in [0, 0.1) is 0 Å². The molecule has 0 unspecified atom stereocenters. The van der Waals surface area contributed by atoms with Crippen molar-refractivity contribution in [2.24, 2.45) is 0 Å². The predicted molar refractivity (Wildman–Crippen MR) is 127 cm³/mol. The number of amides is 1. The van der Waals surface area contributed by atoms with Crippen molar-refractivity contribution in [2.75, 3.05) is 6.54 Å². The van der Waals surface area contributed by atoms with Crippen molar-refractivity contribution < 1.29 is 32.3 Å². The van der Waals surface area contributed by atoms with Crippen LogP contribution in [0.1, 0.15) is 27.3 Å². The molecular weight excluding hydrogens is 475 g/mol. The number of aromatic nitrogens is 2. The number of halogens is 3. The van der Waals surface area contributed by atoms with E-state index in [9.17, 15) is 18.0 Å². The number of carboxylic acids is 1. The summed E-state index contributed by atoms with van der Waals surface area (Å²) in [4.78, 5) is 28.8. The van der Waals surface area contributed by atoms with Gasteiger partial charge in [-0.2, -0.15) is 13.2 Å². The van der Waals surface area contributed by atoms with E-state index in [4.69, 9.17) is 14.3 Å². The summed E-state index contributed by atoms with van der Waals surface area (Å²) in [5, 5.41) is 10.0. The number of hydrogen-bond donors (Lipinski definition) is 3. The first kappa shape index (κ1) is 24.5. The van der Waals surface area contributed by atoms with E-state index in [2.05, 4.69) is 33.5 Å². The van der Waals surface area contributed by atoms with E-state index in [1.54, 1.807) is 18.7 Å². The molecule has 0 aliphatic carbocycles. The predicted octanol–water partition coefficient (Wildman–Crippen LogP) is 5.43. The first-order valence-electron chi connectivity index (χ1n) is 10.8. The van der Waals surface area contributed by atoms with Crippen molar-refractivity contribution in [2.45, 2.75) is 12.6 Å². The van der Waals surface area contributed by atoms with Crippen LogP contribution in [-0.4, -0.2) is 39.7 Å². The number of furan rings is 1. The lowest BCUT2D eigenvalue weighted by Gasteiger charge is -2.10. The van der Waals surface area contributed by atoms with Crippen molar-refractivity contribution in [3.05, 3.63) is 89.8 Å². The van der Waals surface area contributed by atoms with Crippen LogP contribution in [0.2, 0.25) is 0 Å². The lowest BCUT2D eigenvalue weighted by Crippen LogP contribution is -2.31. The van der Waals surface area contributed by atoms with Gasteiger partial charge in [-0.1, -0.05) is 30.3 Å². The molecule has 0 spiro atoms. The Morgan fingerprint density at radius 3 is 2.53 bits per heavy atom. The fourth-order valence-electron chi connectivity index (χ4n) is 3.65. The monoisotopic (exact) mass is 495 g/mol. The quantitative estimate of drug-likeness (QED) is 0.350. The molecule has 1 aromatic carbocycles. The molecule has 0 saturated carbocycles. The number of carbonyl (C=O) groups is 2. The summed E-state index contributed by atoms with van der Waals surface area (Å²) in [5.74, 6) is -2.77. The van der Waals surface area contributed by atoms with Gasteiger partial charge in [0.2, 0.25) is 0 Å². The second-order valence-corrected chi connectivity index (χ2v) is 7.79. The molecule has 0 saturated heterocycles. The van der Waals surface area contributed by atoms with E-state index in [-0.39, 0.29) is 5.91 Å². The van der Waals surface area contributed by atoms with Crippen LogP contribution in [0.3, 0.4) is 0 Å². The smallest absolute Gasteiger partial charge is 0.475 e. The molecule has 0 bridgehead atoms. The molecule has 1 aliphatic heterocycles. The first-order valence-corrected chi connectivity index (χ1v) is 10.8. The van der Waals surface area contributed by atoms with Crippen LogP contribution in [0.25, 0.3) is 34.5 Å². The van der Waals surface area contributed by atoms with Gasteiger partial charge in [-0.15, -0.1) is 0 Å². The van der Waals surface area contributed by atoms with Gasteiger partial charge in [0.1, 0.15) is 0 Å². The number of nitrogens with zero attached hydrogens (tertiary/aromatic N) is 1. The molecule has 1 aliphatic rings. The number of nitrogens with one attached hydrogen (secondary N) is 2. The number of H-pyrrole nitrogens is 1. The maximum Gasteiger partial charge on any atom is 0.490 e. The Morgan fingerprint density at radius 1 is 1.06 bits per heavy atom. The van der Waals surface area contributed by atoms with Crippen LogP contribution in [0.15, 0.2) is 71.7 Å². The van der Waals surface area contributed by atoms with Crippen LogP contribution in [0.4, 0.5) is 13.2 Å². The Kier molecular flexibility index (Phi) is 7.05. The largest absolute Gasteiger partial charge is 0.490 e. The average molecular weight is 495 g/mol. The highest BCUT2D eigenvalue weighted by molar-refractivity contribution is 5.97. The lowest BCUT2D eigenvalue weighted by atomic mass is 10.0. The van der Waals surface area contributed by atoms with Crippen molar-refractivity contribution in [3.8, 4) is 22.4 Å². The van der Waals surface area contributed by atoms with Crippen LogP contribution in [-0.2, 0) is 11.2 Å². The zero-order chi connectivity index (χ0) is 25.7. The van der Waals surface area contributed by atoms with Gasteiger partial charge in [-0.05, 0) is 41.5 Å². The summed E-state index contributed by atoms with van der Waals surface area (Å²) >= 11 is 0. The number of hydrogen-bond acceptors (Lipinski definition) is 4. The summed E-state index contributed by atoms with van der Waals surface area (Å²) in [6, 6.07) is 16.0. The highest BCUT2D eigenvalue weighted by atomic mass is 19.4. The molecule has 0 radical (unpaired) electrons. The molecule has 36 heavy (non-hydrogen) atoms. The molecule has 7 nitrogen and oxygen atoms in total. The summed E-state index contributed by atoms with van der Waals surface area (Å²) < 4.78 is 37.0. The second-order valence-electron chi connectivity index (χ2n) is 7.79. The SMILES string of the molecule is O=C(O)C(F)(F)F.O=C1NCCc2[nH]c(-c3ccnc(C=Cc4ccccc4-c4ccoc4)c3)cc21. The Hall–Kier alpha value is -4.60. The van der Waals surface area contributed by atoms with Crippen molar-refractivity contribution >= 4 is 24.0 Å². The number of fused-ring (bicyclic) bond motifs is 1. The minimum Gasteiger partial charge on any atom is -0.475 e. The number of aromatic amines is 1. The summed E-state index contributed by atoms with van der Waals surface area (Å²) in [6.45, 7) is 0.673. The third-order valence-electron chi connectivity index (χ3n) is 5.37. The highest BCUT2D eigenvalue weighted by Crippen LogP contribution is 2.27. The Morgan fingerprint density at radius 2 is 1.83 bits per heavy atom. The van der Waals surface area contributed by atoms with Crippen molar-refractivity contribution in [1.82, 2.24) is 15.3 Å². The zero-order valence-electron chi connectivity index (χ0n) is 18.7. The highest BCUT2D eigenvalue weighted by Gasteiger charge is 2.38. The van der Waals surface area contributed by atoms with Gasteiger partial charge in [0.05, 0.1) is 23.8 Å². The van der Waals surface area contributed by atoms with Crippen molar-refractivity contribution in [3.63, 3.8) is 0 Å². The average Bonchev–Trinajstić information content (AvgIpc) is 3.54. The topological polar surface area (TPSA) is 108 Å². The molecule has 3 aromatic heterocycles. The van der Waals surface area contributed by atoms with Gasteiger partial charge < -0.3 is 19.8 Å². The number of carbonyl (C=O) groups excluding carboxylic acids is 1. The maximum absolute atomic E-state index is 12.0. The number of benzene rings is 1. The van der Waals surface area contributed by atoms with Gasteiger partial charge >= 0.3 is 12.1 Å². The van der Waals surface area contributed by atoms with E-state index in [1.807, 2.05) is 42.5 Å². The normalized spacial score (nSPS) is 13.0. The van der Waals surface area contributed by atoms with Gasteiger partial charge in [0.25, 0.3) is 5.91 Å². The molecule has 0 atom stereocenters. The number of rotatable bonds is 4. The van der Waals surface area contributed by atoms with Gasteiger partial charge in [0.15, 0.2) is 0 Å². The molecule has 5 rings (SSSR count). The van der Waals surface area contributed by atoms with E-state index in [0.717, 1.165) is 51.3 Å². The Labute approximate surface area is 203 Å². The van der Waals surface area contributed by atoms with Crippen LogP contribution in [0.5, 0.6) is 0 Å². The fourth-order valence-corrected chi connectivity index (χ4v) is 3.65. The van der Waals surface area contributed by atoms with Gasteiger partial charge in [0, 0.05) is 41.7 Å². The second kappa shape index (κ2) is 10.3. The van der Waals surface area contributed by atoms with Gasteiger partial charge in [-0.3, -0.25) is 9.78 Å². The van der Waals surface area contributed by atoms with E-state index < -0.39 is 12.1 Å². The standard InChI is InChI=1S/C24H19N3O2.C2HF3O2/c28-24-21-14-23(27-22(21)8-11-26-24)17-7-10-25-19(13-17)6-5-16-3-1-2-4-20(16)18-9-12-29-15-18;3-2(4,5)1(6)7/h1-7,9-10,12-15,27H,8,11H2,(H,26,28);(H,6,7). The molecule has 3 N–H and O–H groups in total. The van der Waals surface area contributed by atoms with Crippen LogP contribution < -0.4 is 5.32 Å². The Balaban J connectivity index is 0.000000384. The minimum atomic E-state index is -5.08. The molecule has 10 heteroatoms. The molecular formula is C26H20F3N3O4. The minimum absolute atomic E-state index is 0.0150. The summed E-state index contributed by atoms with van der Waals surface area (Å²) in [7, 11) is 0. The third kappa shape index (κ3) is 5.72. The molecule has 1 amide bonds. The third-order valence-corrected chi connectivity index (χ3v) is 5.37. The number of aliphatic carboxylic acids is 1. The molecule has 4 aromatic rings. The van der Waals surface area contributed by atoms with Crippen LogP contribution >= 0.6 is 0 Å². The molecule has 184 valence electrons. The lowest BCUT2D eigenvalue weighted by molar-refractivity contribution is -0.192. The number of pyridine rings is 1. The molecule has 4 heterocycles. The number of alkyl halides is 3. The van der Waals surface area contributed by atoms with E-state index >= 15 is 0 Å². The van der Waals surface area contributed by atoms with Crippen molar-refractivity contribution in [1.29, 1.82) is 0 Å². The summed E-state index contributed by atoms with van der Waals surface area (Å²) in [6.07, 6.45) is 5.01. The maximum atomic E-state index is 12.0. The fraction of sp³-hybridized carbons (Fsp3) is 0.115. The molecule has 0 fully saturated rings. The van der Waals surface area contributed by atoms with E-state index in [1.165, 1.54) is 0 Å². The van der Waals surface area contributed by atoms with E-state index in [0.29, 0.717) is 6.54 Å². The summed E-state index contributed by atoms with van der Waals surface area (Å²) in [5.41, 5.74) is 7.75. The first-order chi connectivity index (χ1) is 17.2. The van der Waals surface area contributed by atoms with Gasteiger partial charge in [-0.25, -0.2) is 4.79 Å². The number of carboxylic acid groups (broad SMARTS) is 1. The Bertz CT molecular complexity index is 1410.